The van der Waals surface area contributed by atoms with E-state index in [0.717, 1.165) is 31.1 Å². The Bertz CT molecular complexity index is 480. The average molecular weight is 289 g/mol. The van der Waals surface area contributed by atoms with Crippen LogP contribution in [0.2, 0.25) is 0 Å². The molecule has 0 saturated heterocycles. The number of hydrogen-bond acceptors (Lipinski definition) is 3. The Hall–Kier alpha value is -1.22. The highest BCUT2D eigenvalue weighted by Gasteiger charge is 2.29. The number of fused-ring (bicyclic) bond motifs is 1. The number of nitrogens with one attached hydrogen (secondary N) is 1. The molecule has 1 heterocycles. The minimum absolute atomic E-state index is 0.391. The molecule has 1 fully saturated rings. The summed E-state index contributed by atoms with van der Waals surface area (Å²) in [5.41, 5.74) is 1.72. The van der Waals surface area contributed by atoms with Crippen LogP contribution in [0.4, 0.5) is 0 Å². The lowest BCUT2D eigenvalue weighted by molar-refractivity contribution is 0.185. The summed E-state index contributed by atoms with van der Waals surface area (Å²) in [5.74, 6) is 1.92. The summed E-state index contributed by atoms with van der Waals surface area (Å²) in [6.07, 6.45) is 7.93. The molecule has 1 atom stereocenters. The van der Waals surface area contributed by atoms with Crippen LogP contribution < -0.4 is 14.8 Å². The maximum Gasteiger partial charge on any atom is 0.124 e. The molecule has 3 heteroatoms. The molecule has 0 bridgehead atoms. The molecule has 116 valence electrons. The van der Waals surface area contributed by atoms with Crippen LogP contribution in [0.3, 0.4) is 0 Å². The van der Waals surface area contributed by atoms with Gasteiger partial charge in [-0.25, -0.2) is 0 Å². The van der Waals surface area contributed by atoms with E-state index in [1.165, 1.54) is 37.7 Å². The second kappa shape index (κ2) is 6.27. The van der Waals surface area contributed by atoms with Crippen LogP contribution >= 0.6 is 0 Å². The quantitative estimate of drug-likeness (QED) is 0.906. The molecule has 0 amide bonds. The van der Waals surface area contributed by atoms with Crippen molar-refractivity contribution >= 4 is 0 Å². The Morgan fingerprint density at radius 3 is 2.86 bits per heavy atom. The zero-order chi connectivity index (χ0) is 14.7. The molecule has 0 radical (unpaired) electrons. The second-order valence-electron chi connectivity index (χ2n) is 6.85. The molecule has 1 aromatic rings. The summed E-state index contributed by atoms with van der Waals surface area (Å²) in [4.78, 5) is 0. The predicted molar refractivity (Wildman–Crippen MR) is 85.0 cm³/mol. The van der Waals surface area contributed by atoms with E-state index in [0.29, 0.717) is 11.5 Å². The van der Waals surface area contributed by atoms with Crippen molar-refractivity contribution in [2.75, 3.05) is 20.3 Å². The number of ether oxygens (including phenoxy) is 2. The van der Waals surface area contributed by atoms with E-state index in [9.17, 15) is 0 Å². The van der Waals surface area contributed by atoms with Crippen LogP contribution in [0.5, 0.6) is 11.5 Å². The van der Waals surface area contributed by atoms with Gasteiger partial charge >= 0.3 is 0 Å². The van der Waals surface area contributed by atoms with Gasteiger partial charge in [0, 0.05) is 24.6 Å². The van der Waals surface area contributed by atoms with Gasteiger partial charge < -0.3 is 14.8 Å². The second-order valence-corrected chi connectivity index (χ2v) is 6.85. The van der Waals surface area contributed by atoms with Crippen molar-refractivity contribution in [3.05, 3.63) is 23.8 Å². The van der Waals surface area contributed by atoms with E-state index in [4.69, 9.17) is 9.47 Å². The van der Waals surface area contributed by atoms with Crippen LogP contribution in [0.15, 0.2) is 18.2 Å². The molecular formula is C18H27NO2. The largest absolute Gasteiger partial charge is 0.497 e. The van der Waals surface area contributed by atoms with Gasteiger partial charge in [0.1, 0.15) is 11.5 Å². The third kappa shape index (κ3) is 3.34. The maximum absolute atomic E-state index is 5.77. The molecule has 1 aromatic carbocycles. The molecule has 21 heavy (non-hydrogen) atoms. The molecule has 0 aromatic heterocycles. The minimum Gasteiger partial charge on any atom is -0.497 e. The predicted octanol–water partition coefficient (Wildman–Crippen LogP) is 4.08. The first kappa shape index (κ1) is 14.7. The number of benzene rings is 1. The van der Waals surface area contributed by atoms with Crippen molar-refractivity contribution in [1.29, 1.82) is 0 Å². The van der Waals surface area contributed by atoms with Gasteiger partial charge in [0.2, 0.25) is 0 Å². The Morgan fingerprint density at radius 1 is 1.29 bits per heavy atom. The first-order valence-corrected chi connectivity index (χ1v) is 8.24. The highest BCUT2D eigenvalue weighted by Crippen LogP contribution is 2.38. The van der Waals surface area contributed by atoms with E-state index in [1.54, 1.807) is 7.11 Å². The van der Waals surface area contributed by atoms with E-state index in [2.05, 4.69) is 18.3 Å². The average Bonchev–Trinajstić information content (AvgIpc) is 2.53. The van der Waals surface area contributed by atoms with Crippen LogP contribution in [0.25, 0.3) is 0 Å². The van der Waals surface area contributed by atoms with Gasteiger partial charge in [-0.05, 0) is 36.5 Å². The van der Waals surface area contributed by atoms with E-state index in [1.807, 2.05) is 12.1 Å². The van der Waals surface area contributed by atoms with Crippen molar-refractivity contribution in [2.45, 2.75) is 51.5 Å². The topological polar surface area (TPSA) is 30.5 Å². The van der Waals surface area contributed by atoms with Gasteiger partial charge in [-0.2, -0.15) is 0 Å². The molecule has 3 nitrogen and oxygen atoms in total. The van der Waals surface area contributed by atoms with Crippen LogP contribution in [-0.4, -0.2) is 20.3 Å². The van der Waals surface area contributed by atoms with Crippen molar-refractivity contribution in [3.63, 3.8) is 0 Å². The summed E-state index contributed by atoms with van der Waals surface area (Å²) in [6.45, 7) is 4.34. The summed E-state index contributed by atoms with van der Waals surface area (Å²) in [5, 5.41) is 3.80. The van der Waals surface area contributed by atoms with Gasteiger partial charge in [-0.3, -0.25) is 0 Å². The summed E-state index contributed by atoms with van der Waals surface area (Å²) in [6, 6.07) is 6.52. The Labute approximate surface area is 128 Å². The normalized spacial score (nSPS) is 24.0. The van der Waals surface area contributed by atoms with Gasteiger partial charge in [0.15, 0.2) is 0 Å². The van der Waals surface area contributed by atoms with Crippen molar-refractivity contribution in [1.82, 2.24) is 5.32 Å². The first-order valence-electron chi connectivity index (χ1n) is 8.24. The zero-order valence-corrected chi connectivity index (χ0v) is 13.3. The first-order chi connectivity index (χ1) is 10.2. The molecule has 3 rings (SSSR count). The Kier molecular flexibility index (Phi) is 4.39. The summed E-state index contributed by atoms with van der Waals surface area (Å²) < 4.78 is 11.1. The van der Waals surface area contributed by atoms with Gasteiger partial charge in [0.25, 0.3) is 0 Å². The highest BCUT2D eigenvalue weighted by atomic mass is 16.5. The van der Waals surface area contributed by atoms with Crippen molar-refractivity contribution in [2.24, 2.45) is 5.41 Å². The molecule has 0 spiro atoms. The number of rotatable bonds is 4. The van der Waals surface area contributed by atoms with Crippen molar-refractivity contribution in [3.8, 4) is 11.5 Å². The van der Waals surface area contributed by atoms with Crippen LogP contribution in [0.1, 0.15) is 57.1 Å². The third-order valence-corrected chi connectivity index (χ3v) is 5.09. The van der Waals surface area contributed by atoms with Crippen LogP contribution in [-0.2, 0) is 0 Å². The molecule has 1 aliphatic heterocycles. The standard InChI is InChI=1S/C18H27NO2/c1-18(9-4-3-5-10-18)13-19-16-8-11-21-17-7-6-14(20-2)12-15(16)17/h6-7,12,16,19H,3-5,8-11,13H2,1-2H3. The van der Waals surface area contributed by atoms with E-state index < -0.39 is 0 Å². The molecule has 1 N–H and O–H groups in total. The van der Waals surface area contributed by atoms with E-state index in [-0.39, 0.29) is 0 Å². The third-order valence-electron chi connectivity index (χ3n) is 5.09. The van der Waals surface area contributed by atoms with Gasteiger partial charge in [-0.15, -0.1) is 0 Å². The molecule has 1 unspecified atom stereocenters. The Morgan fingerprint density at radius 2 is 2.10 bits per heavy atom. The molecule has 1 aliphatic carbocycles. The lowest BCUT2D eigenvalue weighted by Crippen LogP contribution is -2.37. The lowest BCUT2D eigenvalue weighted by atomic mass is 9.75. The van der Waals surface area contributed by atoms with E-state index >= 15 is 0 Å². The SMILES string of the molecule is COc1ccc2c(c1)C(NCC1(C)CCCCC1)CCO2. The van der Waals surface area contributed by atoms with Crippen LogP contribution in [0, 0.1) is 5.41 Å². The fourth-order valence-electron chi connectivity index (χ4n) is 3.66. The number of hydrogen-bond donors (Lipinski definition) is 1. The molecule has 2 aliphatic rings. The zero-order valence-electron chi connectivity index (χ0n) is 13.3. The summed E-state index contributed by atoms with van der Waals surface area (Å²) in [7, 11) is 1.72. The molecule has 1 saturated carbocycles. The summed E-state index contributed by atoms with van der Waals surface area (Å²) >= 11 is 0. The van der Waals surface area contributed by atoms with Gasteiger partial charge in [0.05, 0.1) is 13.7 Å². The highest BCUT2D eigenvalue weighted by molar-refractivity contribution is 5.43. The fraction of sp³-hybridized carbons (Fsp3) is 0.667. The monoisotopic (exact) mass is 289 g/mol. The minimum atomic E-state index is 0.391. The lowest BCUT2D eigenvalue weighted by Gasteiger charge is -2.36. The fourth-order valence-corrected chi connectivity index (χ4v) is 3.66. The smallest absolute Gasteiger partial charge is 0.124 e. The number of methoxy groups -OCH3 is 1. The molecular weight excluding hydrogens is 262 g/mol. The van der Waals surface area contributed by atoms with Crippen molar-refractivity contribution < 1.29 is 9.47 Å². The maximum atomic E-state index is 5.77. The Balaban J connectivity index is 1.69. The van der Waals surface area contributed by atoms with Gasteiger partial charge in [-0.1, -0.05) is 26.2 Å².